The Morgan fingerprint density at radius 3 is 3.05 bits per heavy atom. The second-order valence-electron chi connectivity index (χ2n) is 4.37. The summed E-state index contributed by atoms with van der Waals surface area (Å²) in [6, 6.07) is 9.26. The van der Waals surface area contributed by atoms with Gasteiger partial charge in [0, 0.05) is 18.0 Å². The number of nitrogens with zero attached hydrogens (tertiary/aromatic N) is 1. The van der Waals surface area contributed by atoms with Gasteiger partial charge in [-0.15, -0.1) is 11.8 Å². The van der Waals surface area contributed by atoms with E-state index < -0.39 is 0 Å². The second kappa shape index (κ2) is 5.58. The van der Waals surface area contributed by atoms with Crippen molar-refractivity contribution in [2.75, 3.05) is 17.6 Å². The quantitative estimate of drug-likeness (QED) is 0.918. The number of carbonyl (C=O) groups is 1. The number of hydrogen-bond donors (Lipinski definition) is 1. The van der Waals surface area contributed by atoms with E-state index in [0.717, 1.165) is 11.5 Å². The van der Waals surface area contributed by atoms with Crippen LogP contribution in [0.4, 0.5) is 14.9 Å². The molecule has 0 radical (unpaired) electrons. The molecule has 20 heavy (non-hydrogen) atoms. The van der Waals surface area contributed by atoms with Gasteiger partial charge in [0.25, 0.3) is 0 Å². The highest BCUT2D eigenvalue weighted by Gasteiger charge is 2.32. The lowest BCUT2D eigenvalue weighted by Gasteiger charge is -2.22. The fourth-order valence-electron chi connectivity index (χ4n) is 2.11. The van der Waals surface area contributed by atoms with Crippen molar-refractivity contribution in [1.29, 1.82) is 0 Å². The minimum Gasteiger partial charge on any atom is -0.466 e. The van der Waals surface area contributed by atoms with Gasteiger partial charge in [-0.2, -0.15) is 0 Å². The Morgan fingerprint density at radius 2 is 2.30 bits per heavy atom. The number of amides is 2. The number of anilines is 1. The summed E-state index contributed by atoms with van der Waals surface area (Å²) < 4.78 is 18.5. The fourth-order valence-corrected chi connectivity index (χ4v) is 3.31. The van der Waals surface area contributed by atoms with Crippen molar-refractivity contribution in [3.05, 3.63) is 54.2 Å². The van der Waals surface area contributed by atoms with Crippen LogP contribution in [0.1, 0.15) is 11.1 Å². The molecule has 1 aliphatic heterocycles. The van der Waals surface area contributed by atoms with E-state index in [1.54, 1.807) is 41.1 Å². The van der Waals surface area contributed by atoms with Crippen molar-refractivity contribution in [2.24, 2.45) is 0 Å². The monoisotopic (exact) mass is 292 g/mol. The molecular formula is C14H13FN2O2S. The summed E-state index contributed by atoms with van der Waals surface area (Å²) in [5, 5.41) is 2.58. The molecule has 1 fully saturated rings. The van der Waals surface area contributed by atoms with E-state index in [1.807, 2.05) is 6.07 Å². The van der Waals surface area contributed by atoms with E-state index in [9.17, 15) is 9.18 Å². The molecule has 1 saturated heterocycles. The molecule has 104 valence electrons. The molecule has 1 atom stereocenters. The third kappa shape index (κ3) is 2.65. The summed E-state index contributed by atoms with van der Waals surface area (Å²) in [5.41, 5.74) is 0.449. The maximum absolute atomic E-state index is 13.1. The number of carbonyl (C=O) groups excluding carboxylic acids is 1. The Balaban J connectivity index is 1.73. The average molecular weight is 292 g/mol. The van der Waals surface area contributed by atoms with E-state index in [2.05, 4.69) is 5.32 Å². The number of rotatable bonds is 2. The number of thioether (sulfide) groups is 1. The van der Waals surface area contributed by atoms with Gasteiger partial charge in [0.05, 0.1) is 6.26 Å². The van der Waals surface area contributed by atoms with Gasteiger partial charge in [-0.05, 0) is 30.3 Å². The van der Waals surface area contributed by atoms with Gasteiger partial charge in [0.1, 0.15) is 17.0 Å². The minimum absolute atomic E-state index is 0.126. The van der Waals surface area contributed by atoms with Crippen LogP contribution in [0.5, 0.6) is 0 Å². The summed E-state index contributed by atoms with van der Waals surface area (Å²) in [5.74, 6) is 1.23. The molecule has 2 aromatic rings. The topological polar surface area (TPSA) is 45.5 Å². The molecule has 1 N–H and O–H groups in total. The molecule has 1 aromatic heterocycles. The van der Waals surface area contributed by atoms with Crippen LogP contribution in [0, 0.1) is 5.82 Å². The summed E-state index contributed by atoms with van der Waals surface area (Å²) in [6.45, 7) is 0.636. The number of hydrogen-bond acceptors (Lipinski definition) is 3. The van der Waals surface area contributed by atoms with E-state index in [4.69, 9.17) is 4.42 Å². The molecule has 6 heteroatoms. The van der Waals surface area contributed by atoms with Crippen molar-refractivity contribution in [1.82, 2.24) is 4.90 Å². The van der Waals surface area contributed by atoms with Crippen LogP contribution in [-0.4, -0.2) is 23.2 Å². The smallest absolute Gasteiger partial charge is 0.323 e. The highest BCUT2D eigenvalue weighted by Crippen LogP contribution is 2.38. The molecule has 0 bridgehead atoms. The highest BCUT2D eigenvalue weighted by molar-refractivity contribution is 7.99. The predicted molar refractivity (Wildman–Crippen MR) is 76.0 cm³/mol. The van der Waals surface area contributed by atoms with Crippen LogP contribution >= 0.6 is 11.8 Å². The zero-order valence-corrected chi connectivity index (χ0v) is 11.4. The molecule has 0 aliphatic carbocycles. The number of nitrogens with one attached hydrogen (secondary N) is 1. The Labute approximate surface area is 119 Å². The predicted octanol–water partition coefficient (Wildman–Crippen LogP) is 3.70. The lowest BCUT2D eigenvalue weighted by molar-refractivity contribution is 0.209. The zero-order valence-electron chi connectivity index (χ0n) is 10.6. The van der Waals surface area contributed by atoms with Gasteiger partial charge in [-0.1, -0.05) is 6.07 Å². The largest absolute Gasteiger partial charge is 0.466 e. The maximum atomic E-state index is 13.1. The molecule has 3 rings (SSSR count). The molecule has 2 heterocycles. The summed E-state index contributed by atoms with van der Waals surface area (Å²) in [7, 11) is 0. The Bertz CT molecular complexity index is 603. The SMILES string of the molecule is O=C(Nc1cccc(F)c1)N1CCS[C@H]1c1ccco1. The van der Waals surface area contributed by atoms with Gasteiger partial charge in [0.15, 0.2) is 0 Å². The minimum atomic E-state index is -0.374. The van der Waals surface area contributed by atoms with Crippen LogP contribution in [0.25, 0.3) is 0 Å². The van der Waals surface area contributed by atoms with Gasteiger partial charge < -0.3 is 14.6 Å². The van der Waals surface area contributed by atoms with Gasteiger partial charge >= 0.3 is 6.03 Å². The lowest BCUT2D eigenvalue weighted by atomic mass is 10.3. The standard InChI is InChI=1S/C14H13FN2O2S/c15-10-3-1-4-11(9-10)16-14(18)17-6-8-20-13(17)12-5-2-7-19-12/h1-5,7,9,13H,6,8H2,(H,16,18)/t13-/m0/s1. The summed E-state index contributed by atoms with van der Waals surface area (Å²) >= 11 is 1.65. The first-order valence-electron chi connectivity index (χ1n) is 6.22. The number of urea groups is 1. The van der Waals surface area contributed by atoms with Crippen LogP contribution in [0.2, 0.25) is 0 Å². The van der Waals surface area contributed by atoms with Crippen molar-refractivity contribution < 1.29 is 13.6 Å². The van der Waals surface area contributed by atoms with Crippen molar-refractivity contribution in [3.8, 4) is 0 Å². The second-order valence-corrected chi connectivity index (χ2v) is 5.56. The number of benzene rings is 1. The number of furan rings is 1. The van der Waals surface area contributed by atoms with E-state index in [-0.39, 0.29) is 17.2 Å². The highest BCUT2D eigenvalue weighted by atomic mass is 32.2. The number of halogens is 1. The van der Waals surface area contributed by atoms with Gasteiger partial charge in [0.2, 0.25) is 0 Å². The molecular weight excluding hydrogens is 279 g/mol. The Morgan fingerprint density at radius 1 is 1.40 bits per heavy atom. The molecule has 0 unspecified atom stereocenters. The molecule has 0 saturated carbocycles. The van der Waals surface area contributed by atoms with E-state index in [0.29, 0.717) is 12.2 Å². The van der Waals surface area contributed by atoms with Crippen molar-refractivity contribution in [2.45, 2.75) is 5.37 Å². The van der Waals surface area contributed by atoms with E-state index in [1.165, 1.54) is 12.1 Å². The Kier molecular flexibility index (Phi) is 3.64. The molecule has 4 nitrogen and oxygen atoms in total. The Hall–Kier alpha value is -1.95. The van der Waals surface area contributed by atoms with Crippen LogP contribution < -0.4 is 5.32 Å². The van der Waals surface area contributed by atoms with Gasteiger partial charge in [-0.25, -0.2) is 9.18 Å². The third-order valence-electron chi connectivity index (χ3n) is 3.01. The van der Waals surface area contributed by atoms with Crippen molar-refractivity contribution in [3.63, 3.8) is 0 Å². The van der Waals surface area contributed by atoms with Crippen LogP contribution in [0.15, 0.2) is 47.1 Å². The maximum Gasteiger partial charge on any atom is 0.323 e. The lowest BCUT2D eigenvalue weighted by Crippen LogP contribution is -2.34. The summed E-state index contributed by atoms with van der Waals surface area (Å²) in [4.78, 5) is 14.0. The first-order valence-corrected chi connectivity index (χ1v) is 7.27. The average Bonchev–Trinajstić information content (AvgIpc) is 3.09. The molecule has 0 spiro atoms. The fraction of sp³-hybridized carbons (Fsp3) is 0.214. The van der Waals surface area contributed by atoms with Crippen LogP contribution in [-0.2, 0) is 0 Å². The normalized spacial score (nSPS) is 18.2. The summed E-state index contributed by atoms with van der Waals surface area (Å²) in [6.07, 6.45) is 1.59. The van der Waals surface area contributed by atoms with E-state index >= 15 is 0 Å². The molecule has 2 amide bonds. The van der Waals surface area contributed by atoms with Crippen molar-refractivity contribution >= 4 is 23.5 Å². The van der Waals surface area contributed by atoms with Crippen LogP contribution in [0.3, 0.4) is 0 Å². The zero-order chi connectivity index (χ0) is 13.9. The molecule has 1 aromatic carbocycles. The first-order chi connectivity index (χ1) is 9.74. The third-order valence-corrected chi connectivity index (χ3v) is 4.24. The molecule has 1 aliphatic rings. The van der Waals surface area contributed by atoms with Gasteiger partial charge in [-0.3, -0.25) is 0 Å². The first kappa shape index (κ1) is 13.1.